The van der Waals surface area contributed by atoms with E-state index >= 15 is 0 Å². The Balaban J connectivity index is 1.65. The molecule has 0 aromatic carbocycles. The van der Waals surface area contributed by atoms with E-state index in [0.29, 0.717) is 37.2 Å². The number of carbonyl (C=O) groups is 1. The van der Waals surface area contributed by atoms with E-state index in [4.69, 9.17) is 4.74 Å². The molecule has 0 saturated carbocycles. The summed E-state index contributed by atoms with van der Waals surface area (Å²) in [6.45, 7) is 4.99. The zero-order chi connectivity index (χ0) is 14.1. The van der Waals surface area contributed by atoms with Gasteiger partial charge in [-0.25, -0.2) is 0 Å². The SMILES string of the molecule is CNC1CC2CCC(C1)N2C(C)C(=O)N1CCOCC1. The second-order valence-electron chi connectivity index (χ2n) is 6.40. The molecule has 20 heavy (non-hydrogen) atoms. The maximum Gasteiger partial charge on any atom is 0.239 e. The van der Waals surface area contributed by atoms with Gasteiger partial charge >= 0.3 is 0 Å². The molecule has 3 aliphatic rings. The van der Waals surface area contributed by atoms with Gasteiger partial charge in [0, 0.05) is 31.2 Å². The van der Waals surface area contributed by atoms with Crippen LogP contribution in [-0.2, 0) is 9.53 Å². The molecule has 3 heterocycles. The average molecular weight is 281 g/mol. The third-order valence-electron chi connectivity index (χ3n) is 5.33. The van der Waals surface area contributed by atoms with Gasteiger partial charge in [0.05, 0.1) is 19.3 Å². The van der Waals surface area contributed by atoms with Crippen molar-refractivity contribution in [2.24, 2.45) is 0 Å². The molecule has 114 valence electrons. The lowest BCUT2D eigenvalue weighted by Gasteiger charge is -2.43. The van der Waals surface area contributed by atoms with Crippen LogP contribution in [0.25, 0.3) is 0 Å². The van der Waals surface area contributed by atoms with Crippen LogP contribution < -0.4 is 5.32 Å². The first kappa shape index (κ1) is 14.3. The van der Waals surface area contributed by atoms with Gasteiger partial charge in [-0.3, -0.25) is 9.69 Å². The fourth-order valence-electron chi connectivity index (χ4n) is 4.26. The number of morpholine rings is 1. The van der Waals surface area contributed by atoms with Crippen molar-refractivity contribution >= 4 is 5.91 Å². The summed E-state index contributed by atoms with van der Waals surface area (Å²) < 4.78 is 5.34. The molecule has 3 atom stereocenters. The summed E-state index contributed by atoms with van der Waals surface area (Å²) in [6.07, 6.45) is 4.88. The molecule has 1 N–H and O–H groups in total. The molecule has 0 radical (unpaired) electrons. The van der Waals surface area contributed by atoms with E-state index in [0.717, 1.165) is 13.1 Å². The van der Waals surface area contributed by atoms with E-state index in [1.54, 1.807) is 0 Å². The second kappa shape index (κ2) is 6.00. The van der Waals surface area contributed by atoms with E-state index in [1.807, 2.05) is 4.90 Å². The van der Waals surface area contributed by atoms with Crippen LogP contribution in [0.5, 0.6) is 0 Å². The minimum atomic E-state index is 0.0309. The van der Waals surface area contributed by atoms with Crippen LogP contribution in [0.1, 0.15) is 32.6 Å². The summed E-state index contributed by atoms with van der Waals surface area (Å²) in [6, 6.07) is 1.84. The molecular weight excluding hydrogens is 254 g/mol. The maximum absolute atomic E-state index is 12.7. The van der Waals surface area contributed by atoms with Crippen molar-refractivity contribution in [1.82, 2.24) is 15.1 Å². The summed E-state index contributed by atoms with van der Waals surface area (Å²) in [5, 5.41) is 3.42. The highest BCUT2D eigenvalue weighted by atomic mass is 16.5. The largest absolute Gasteiger partial charge is 0.378 e. The lowest BCUT2D eigenvalue weighted by atomic mass is 9.95. The molecule has 3 aliphatic heterocycles. The predicted octanol–water partition coefficient (Wildman–Crippen LogP) is 0.449. The number of fused-ring (bicyclic) bond motifs is 2. The number of nitrogens with one attached hydrogen (secondary N) is 1. The van der Waals surface area contributed by atoms with Crippen molar-refractivity contribution in [1.29, 1.82) is 0 Å². The van der Waals surface area contributed by atoms with Gasteiger partial charge in [-0.1, -0.05) is 0 Å². The van der Waals surface area contributed by atoms with E-state index in [2.05, 4.69) is 24.2 Å². The Morgan fingerprint density at radius 1 is 1.20 bits per heavy atom. The van der Waals surface area contributed by atoms with Crippen molar-refractivity contribution in [2.45, 2.75) is 56.8 Å². The van der Waals surface area contributed by atoms with Crippen LogP contribution >= 0.6 is 0 Å². The Labute approximate surface area is 121 Å². The highest BCUT2D eigenvalue weighted by Crippen LogP contribution is 2.37. The molecule has 5 nitrogen and oxygen atoms in total. The fourth-order valence-corrected chi connectivity index (χ4v) is 4.26. The number of piperidine rings is 1. The van der Waals surface area contributed by atoms with Crippen LogP contribution in [0.15, 0.2) is 0 Å². The van der Waals surface area contributed by atoms with Crippen molar-refractivity contribution in [3.8, 4) is 0 Å². The molecule has 2 bridgehead atoms. The van der Waals surface area contributed by atoms with E-state index in [9.17, 15) is 4.79 Å². The molecule has 1 amide bonds. The second-order valence-corrected chi connectivity index (χ2v) is 6.40. The van der Waals surface area contributed by atoms with E-state index in [1.165, 1.54) is 25.7 Å². The van der Waals surface area contributed by atoms with Gasteiger partial charge in [0.25, 0.3) is 0 Å². The standard InChI is InChI=1S/C15H27N3O2/c1-11(15(19)17-5-7-20-8-6-17)18-13-3-4-14(18)10-12(9-13)16-2/h11-14,16H,3-10H2,1-2H3. The molecule has 3 unspecified atom stereocenters. The third-order valence-corrected chi connectivity index (χ3v) is 5.33. The minimum absolute atomic E-state index is 0.0309. The van der Waals surface area contributed by atoms with Crippen molar-refractivity contribution < 1.29 is 9.53 Å². The number of amides is 1. The van der Waals surface area contributed by atoms with Gasteiger partial charge < -0.3 is 15.0 Å². The summed E-state index contributed by atoms with van der Waals surface area (Å²) in [5.74, 6) is 0.299. The van der Waals surface area contributed by atoms with E-state index in [-0.39, 0.29) is 6.04 Å². The highest BCUT2D eigenvalue weighted by molar-refractivity contribution is 5.81. The summed E-state index contributed by atoms with van der Waals surface area (Å²) in [7, 11) is 2.06. The number of rotatable bonds is 3. The van der Waals surface area contributed by atoms with E-state index < -0.39 is 0 Å². The zero-order valence-electron chi connectivity index (χ0n) is 12.7. The predicted molar refractivity (Wildman–Crippen MR) is 77.6 cm³/mol. The zero-order valence-corrected chi connectivity index (χ0v) is 12.7. The van der Waals surface area contributed by atoms with Gasteiger partial charge in [-0.15, -0.1) is 0 Å². The number of nitrogens with zero attached hydrogens (tertiary/aromatic N) is 2. The van der Waals surface area contributed by atoms with Crippen molar-refractivity contribution in [3.63, 3.8) is 0 Å². The molecule has 5 heteroatoms. The molecule has 0 aromatic rings. The molecule has 0 aliphatic carbocycles. The van der Waals surface area contributed by atoms with Gasteiger partial charge in [-0.2, -0.15) is 0 Å². The normalized spacial score (nSPS) is 36.1. The van der Waals surface area contributed by atoms with Gasteiger partial charge in [-0.05, 0) is 39.7 Å². The topological polar surface area (TPSA) is 44.8 Å². The van der Waals surface area contributed by atoms with Crippen LogP contribution in [0.3, 0.4) is 0 Å². The van der Waals surface area contributed by atoms with Crippen LogP contribution in [0.4, 0.5) is 0 Å². The first-order valence-corrected chi connectivity index (χ1v) is 8.02. The van der Waals surface area contributed by atoms with Gasteiger partial charge in [0.2, 0.25) is 5.91 Å². The lowest BCUT2D eigenvalue weighted by Crippen LogP contribution is -2.57. The number of carbonyl (C=O) groups excluding carboxylic acids is 1. The first-order valence-electron chi connectivity index (χ1n) is 8.02. The molecule has 3 saturated heterocycles. The van der Waals surface area contributed by atoms with Crippen molar-refractivity contribution in [2.75, 3.05) is 33.4 Å². The highest BCUT2D eigenvalue weighted by Gasteiger charge is 2.44. The Morgan fingerprint density at radius 2 is 1.80 bits per heavy atom. The summed E-state index contributed by atoms with van der Waals surface area (Å²) in [4.78, 5) is 17.2. The minimum Gasteiger partial charge on any atom is -0.378 e. The monoisotopic (exact) mass is 281 g/mol. The Kier molecular flexibility index (Phi) is 4.29. The molecule has 3 fully saturated rings. The fraction of sp³-hybridized carbons (Fsp3) is 0.933. The Morgan fingerprint density at radius 3 is 2.35 bits per heavy atom. The lowest BCUT2D eigenvalue weighted by molar-refractivity contribution is -0.142. The summed E-state index contributed by atoms with van der Waals surface area (Å²) >= 11 is 0. The van der Waals surface area contributed by atoms with Gasteiger partial charge in [0.15, 0.2) is 0 Å². The Bertz CT molecular complexity index is 343. The Hall–Kier alpha value is -0.650. The third kappa shape index (κ3) is 2.59. The first-order chi connectivity index (χ1) is 9.70. The molecule has 3 rings (SSSR count). The summed E-state index contributed by atoms with van der Waals surface area (Å²) in [5.41, 5.74) is 0. The van der Waals surface area contributed by atoms with Gasteiger partial charge in [0.1, 0.15) is 0 Å². The average Bonchev–Trinajstić information content (AvgIpc) is 2.76. The van der Waals surface area contributed by atoms with Crippen molar-refractivity contribution in [3.05, 3.63) is 0 Å². The maximum atomic E-state index is 12.7. The molecule has 0 aromatic heterocycles. The molecule has 0 spiro atoms. The number of hydrogen-bond acceptors (Lipinski definition) is 4. The van der Waals surface area contributed by atoms with Crippen LogP contribution in [0, 0.1) is 0 Å². The number of hydrogen-bond donors (Lipinski definition) is 1. The smallest absolute Gasteiger partial charge is 0.239 e. The van der Waals surface area contributed by atoms with Crippen LogP contribution in [-0.4, -0.2) is 73.2 Å². The number of ether oxygens (including phenoxy) is 1. The quantitative estimate of drug-likeness (QED) is 0.816. The molecular formula is C15H27N3O2. The van der Waals surface area contributed by atoms with Crippen LogP contribution in [0.2, 0.25) is 0 Å².